The third-order valence-electron chi connectivity index (χ3n) is 2.87. The van der Waals surface area contributed by atoms with E-state index < -0.39 is 0 Å². The zero-order chi connectivity index (χ0) is 10.6. The van der Waals surface area contributed by atoms with Crippen molar-refractivity contribution in [3.8, 4) is 0 Å². The molecule has 2 atom stereocenters. The van der Waals surface area contributed by atoms with E-state index >= 15 is 0 Å². The van der Waals surface area contributed by atoms with E-state index in [0.717, 1.165) is 26.1 Å². The van der Waals surface area contributed by atoms with Gasteiger partial charge in [0.15, 0.2) is 0 Å². The summed E-state index contributed by atoms with van der Waals surface area (Å²) in [7, 11) is 1.46. The summed E-state index contributed by atoms with van der Waals surface area (Å²) < 4.78 is 4.77. The van der Waals surface area contributed by atoms with Crippen molar-refractivity contribution in [2.75, 3.05) is 33.3 Å². The predicted molar refractivity (Wildman–Crippen MR) is 54.8 cm³/mol. The van der Waals surface area contributed by atoms with Gasteiger partial charge in [0.1, 0.15) is 0 Å². The van der Waals surface area contributed by atoms with Gasteiger partial charge in [-0.3, -0.25) is 4.79 Å². The molecular formula is C10H20N2O2. The van der Waals surface area contributed by atoms with E-state index in [9.17, 15) is 4.79 Å². The van der Waals surface area contributed by atoms with E-state index in [1.165, 1.54) is 7.11 Å². The van der Waals surface area contributed by atoms with Gasteiger partial charge in [0.25, 0.3) is 0 Å². The topological polar surface area (TPSA) is 55.6 Å². The van der Waals surface area contributed by atoms with Gasteiger partial charge in [0, 0.05) is 13.1 Å². The van der Waals surface area contributed by atoms with Gasteiger partial charge < -0.3 is 15.4 Å². The minimum absolute atomic E-state index is 0.0535. The summed E-state index contributed by atoms with van der Waals surface area (Å²) in [5.74, 6) is 0.380. The summed E-state index contributed by atoms with van der Waals surface area (Å²) in [6.07, 6.45) is 1.00. The Kier molecular flexibility index (Phi) is 4.35. The molecule has 1 fully saturated rings. The van der Waals surface area contributed by atoms with Crippen LogP contribution in [0.5, 0.6) is 0 Å². The minimum atomic E-state index is -0.0762. The third-order valence-corrected chi connectivity index (χ3v) is 2.87. The van der Waals surface area contributed by atoms with Gasteiger partial charge in [-0.2, -0.15) is 0 Å². The van der Waals surface area contributed by atoms with Crippen LogP contribution < -0.4 is 5.73 Å². The highest BCUT2D eigenvalue weighted by molar-refractivity contribution is 5.73. The second-order valence-electron chi connectivity index (χ2n) is 4.01. The Bertz CT molecular complexity index is 197. The maximum absolute atomic E-state index is 11.4. The molecule has 0 saturated carbocycles. The Morgan fingerprint density at radius 3 is 2.86 bits per heavy atom. The first-order chi connectivity index (χ1) is 6.69. The van der Waals surface area contributed by atoms with Crippen molar-refractivity contribution in [1.82, 2.24) is 4.90 Å². The molecule has 14 heavy (non-hydrogen) atoms. The lowest BCUT2D eigenvalue weighted by Gasteiger charge is -2.14. The van der Waals surface area contributed by atoms with Crippen LogP contribution in [0.2, 0.25) is 0 Å². The van der Waals surface area contributed by atoms with Crippen molar-refractivity contribution in [1.29, 1.82) is 0 Å². The fourth-order valence-electron chi connectivity index (χ4n) is 2.02. The van der Waals surface area contributed by atoms with Crippen LogP contribution in [0.4, 0.5) is 0 Å². The second-order valence-corrected chi connectivity index (χ2v) is 4.01. The number of hydrogen-bond donors (Lipinski definition) is 1. The van der Waals surface area contributed by atoms with Crippen molar-refractivity contribution in [2.24, 2.45) is 17.6 Å². The van der Waals surface area contributed by atoms with Crippen LogP contribution in [0.1, 0.15) is 13.3 Å². The van der Waals surface area contributed by atoms with Crippen molar-refractivity contribution in [3.05, 3.63) is 0 Å². The molecule has 0 aromatic heterocycles. The Balaban J connectivity index is 2.39. The molecule has 4 heteroatoms. The molecular weight excluding hydrogens is 180 g/mol. The summed E-state index contributed by atoms with van der Waals surface area (Å²) in [6, 6.07) is 0. The van der Waals surface area contributed by atoms with Crippen LogP contribution in [0.3, 0.4) is 0 Å². The van der Waals surface area contributed by atoms with Gasteiger partial charge in [-0.05, 0) is 25.4 Å². The van der Waals surface area contributed by atoms with Crippen LogP contribution in [0, 0.1) is 11.8 Å². The number of nitrogens with zero attached hydrogens (tertiary/aromatic N) is 1. The van der Waals surface area contributed by atoms with Crippen molar-refractivity contribution < 1.29 is 9.53 Å². The van der Waals surface area contributed by atoms with Gasteiger partial charge >= 0.3 is 5.97 Å². The van der Waals surface area contributed by atoms with Crippen LogP contribution >= 0.6 is 0 Å². The smallest absolute Gasteiger partial charge is 0.310 e. The van der Waals surface area contributed by atoms with Gasteiger partial charge in [-0.25, -0.2) is 0 Å². The van der Waals surface area contributed by atoms with E-state index in [4.69, 9.17) is 10.5 Å². The first-order valence-electron chi connectivity index (χ1n) is 5.19. The molecule has 4 nitrogen and oxygen atoms in total. The van der Waals surface area contributed by atoms with E-state index in [-0.39, 0.29) is 11.9 Å². The zero-order valence-electron chi connectivity index (χ0n) is 9.03. The molecule has 0 bridgehead atoms. The van der Waals surface area contributed by atoms with E-state index in [1.54, 1.807) is 0 Å². The molecule has 1 heterocycles. The lowest BCUT2D eigenvalue weighted by molar-refractivity contribution is -0.146. The van der Waals surface area contributed by atoms with Gasteiger partial charge in [-0.1, -0.05) is 6.92 Å². The van der Waals surface area contributed by atoms with E-state index in [2.05, 4.69) is 11.8 Å². The molecule has 82 valence electrons. The predicted octanol–water partition coefficient (Wildman–Crippen LogP) is 0.0761. The monoisotopic (exact) mass is 200 g/mol. The Morgan fingerprint density at radius 1 is 1.57 bits per heavy atom. The van der Waals surface area contributed by atoms with Crippen LogP contribution in [0.15, 0.2) is 0 Å². The van der Waals surface area contributed by atoms with Crippen molar-refractivity contribution in [3.63, 3.8) is 0 Å². The summed E-state index contributed by atoms with van der Waals surface area (Å²) >= 11 is 0. The lowest BCUT2D eigenvalue weighted by Crippen LogP contribution is -2.26. The number of nitrogens with two attached hydrogens (primary N) is 1. The van der Waals surface area contributed by atoms with E-state index in [0.29, 0.717) is 12.5 Å². The van der Waals surface area contributed by atoms with Crippen molar-refractivity contribution in [2.45, 2.75) is 13.3 Å². The summed E-state index contributed by atoms with van der Waals surface area (Å²) in [4.78, 5) is 13.7. The molecule has 1 aliphatic rings. The summed E-state index contributed by atoms with van der Waals surface area (Å²) in [5.41, 5.74) is 5.44. The summed E-state index contributed by atoms with van der Waals surface area (Å²) in [6.45, 7) is 5.62. The molecule has 0 amide bonds. The molecule has 0 radical (unpaired) electrons. The average Bonchev–Trinajstić information content (AvgIpc) is 2.55. The number of hydrogen-bond acceptors (Lipinski definition) is 4. The average molecular weight is 200 g/mol. The highest BCUT2D eigenvalue weighted by Crippen LogP contribution is 2.23. The Morgan fingerprint density at radius 2 is 2.29 bits per heavy atom. The number of esters is 1. The zero-order valence-corrected chi connectivity index (χ0v) is 9.03. The Labute approximate surface area is 85.4 Å². The SMILES string of the molecule is COC(=O)C1CN(CCCN)CC1C. The molecule has 0 aliphatic carbocycles. The third kappa shape index (κ3) is 2.69. The maximum Gasteiger partial charge on any atom is 0.310 e. The fourth-order valence-corrected chi connectivity index (χ4v) is 2.02. The van der Waals surface area contributed by atoms with Crippen LogP contribution in [-0.2, 0) is 9.53 Å². The number of rotatable bonds is 4. The number of methoxy groups -OCH3 is 1. The number of carbonyl (C=O) groups is 1. The number of carbonyl (C=O) groups excluding carboxylic acids is 1. The number of ether oxygens (including phenoxy) is 1. The standard InChI is InChI=1S/C10H20N2O2/c1-8-6-12(5-3-4-11)7-9(8)10(13)14-2/h8-9H,3-7,11H2,1-2H3. The maximum atomic E-state index is 11.4. The first kappa shape index (κ1) is 11.5. The minimum Gasteiger partial charge on any atom is -0.469 e. The van der Waals surface area contributed by atoms with E-state index in [1.807, 2.05) is 0 Å². The molecule has 2 N–H and O–H groups in total. The normalized spacial score (nSPS) is 27.9. The van der Waals surface area contributed by atoms with Gasteiger partial charge in [-0.15, -0.1) is 0 Å². The molecule has 0 spiro atoms. The second kappa shape index (κ2) is 5.32. The molecule has 1 saturated heterocycles. The fraction of sp³-hybridized carbons (Fsp3) is 0.900. The van der Waals surface area contributed by atoms with Crippen molar-refractivity contribution >= 4 is 5.97 Å². The number of likely N-dealkylation sites (tertiary alicyclic amines) is 1. The molecule has 1 rings (SSSR count). The van der Waals surface area contributed by atoms with Gasteiger partial charge in [0.2, 0.25) is 0 Å². The Hall–Kier alpha value is -0.610. The lowest BCUT2D eigenvalue weighted by atomic mass is 9.99. The molecule has 0 aromatic carbocycles. The summed E-state index contributed by atoms with van der Waals surface area (Å²) in [5, 5.41) is 0. The molecule has 1 aliphatic heterocycles. The molecule has 0 aromatic rings. The molecule has 2 unspecified atom stereocenters. The van der Waals surface area contributed by atoms with Crippen LogP contribution in [-0.4, -0.2) is 44.2 Å². The van der Waals surface area contributed by atoms with Crippen LogP contribution in [0.25, 0.3) is 0 Å². The largest absolute Gasteiger partial charge is 0.469 e. The highest BCUT2D eigenvalue weighted by Gasteiger charge is 2.34. The van der Waals surface area contributed by atoms with Gasteiger partial charge in [0.05, 0.1) is 13.0 Å². The first-order valence-corrected chi connectivity index (χ1v) is 5.19. The highest BCUT2D eigenvalue weighted by atomic mass is 16.5. The quantitative estimate of drug-likeness (QED) is 0.653.